The maximum Gasteiger partial charge on any atom is 0.422 e. The van der Waals surface area contributed by atoms with Crippen LogP contribution in [0.25, 0.3) is 0 Å². The van der Waals surface area contributed by atoms with Crippen molar-refractivity contribution in [2.24, 2.45) is 0 Å². The number of halogens is 5. The van der Waals surface area contributed by atoms with Crippen LogP contribution in [0, 0.1) is 0 Å². The summed E-state index contributed by atoms with van der Waals surface area (Å²) in [6, 6.07) is 9.45. The third-order valence-electron chi connectivity index (χ3n) is 3.42. The minimum absolute atomic E-state index is 0.0286. The number of hydrogen-bond donors (Lipinski definition) is 1. The normalized spacial score (nSPS) is 11.2. The Kier molecular flexibility index (Phi) is 7.02. The molecule has 152 valence electrons. The quantitative estimate of drug-likeness (QED) is 0.670. The number of alkyl halides is 5. The van der Waals surface area contributed by atoms with Crippen molar-refractivity contribution in [3.63, 3.8) is 0 Å². The molecular weight excluding hydrogens is 389 g/mol. The van der Waals surface area contributed by atoms with E-state index in [1.54, 1.807) is 0 Å². The molecule has 1 amide bonds. The van der Waals surface area contributed by atoms with E-state index in [0.717, 1.165) is 0 Å². The molecule has 28 heavy (non-hydrogen) atoms. The lowest BCUT2D eigenvalue weighted by molar-refractivity contribution is -0.153. The fourth-order valence-corrected chi connectivity index (χ4v) is 2.16. The van der Waals surface area contributed by atoms with Crippen LogP contribution in [-0.2, 0) is 6.54 Å². The van der Waals surface area contributed by atoms with Crippen molar-refractivity contribution < 1.29 is 41.0 Å². The van der Waals surface area contributed by atoms with Crippen molar-refractivity contribution in [3.8, 4) is 17.2 Å². The van der Waals surface area contributed by atoms with Gasteiger partial charge in [0.15, 0.2) is 18.1 Å². The Hall–Kier alpha value is -3.04. The molecule has 0 spiro atoms. The average Bonchev–Trinajstić information content (AvgIpc) is 2.64. The van der Waals surface area contributed by atoms with Crippen LogP contribution in [-0.4, -0.2) is 32.4 Å². The molecule has 5 nitrogen and oxygen atoms in total. The van der Waals surface area contributed by atoms with Crippen molar-refractivity contribution >= 4 is 5.91 Å². The molecule has 0 saturated carbocycles. The standard InChI is InChI=1S/C18H16F5NO4/c1-26-15-8-12(4-7-14(15)28-17(19)20)16(25)24-9-11-2-5-13(6-3-11)27-10-18(21,22)23/h2-8,17H,9-10H2,1H3,(H,24,25). The Morgan fingerprint density at radius 1 is 1.07 bits per heavy atom. The third-order valence-corrected chi connectivity index (χ3v) is 3.42. The average molecular weight is 405 g/mol. The van der Waals surface area contributed by atoms with Crippen LogP contribution in [0.5, 0.6) is 17.2 Å². The summed E-state index contributed by atoms with van der Waals surface area (Å²) in [6.07, 6.45) is -4.43. The maximum absolute atomic E-state index is 12.3. The van der Waals surface area contributed by atoms with Gasteiger partial charge in [-0.1, -0.05) is 12.1 Å². The minimum Gasteiger partial charge on any atom is -0.493 e. The van der Waals surface area contributed by atoms with Crippen molar-refractivity contribution in [1.82, 2.24) is 5.32 Å². The molecule has 0 radical (unpaired) electrons. The summed E-state index contributed by atoms with van der Waals surface area (Å²) in [5.74, 6) is -0.686. The van der Waals surface area contributed by atoms with Crippen LogP contribution in [0.2, 0.25) is 0 Å². The first-order valence-electron chi connectivity index (χ1n) is 7.87. The number of methoxy groups -OCH3 is 1. The monoisotopic (exact) mass is 405 g/mol. The van der Waals surface area contributed by atoms with Crippen molar-refractivity contribution in [2.75, 3.05) is 13.7 Å². The number of carbonyl (C=O) groups is 1. The highest BCUT2D eigenvalue weighted by Gasteiger charge is 2.28. The molecule has 0 aliphatic rings. The molecule has 0 aliphatic carbocycles. The fraction of sp³-hybridized carbons (Fsp3) is 0.278. The predicted octanol–water partition coefficient (Wildman–Crippen LogP) is 4.17. The molecule has 2 aromatic carbocycles. The van der Waals surface area contributed by atoms with E-state index in [1.807, 2.05) is 0 Å². The molecule has 2 rings (SSSR count). The van der Waals surface area contributed by atoms with Gasteiger partial charge in [-0.05, 0) is 35.9 Å². The van der Waals surface area contributed by atoms with E-state index in [0.29, 0.717) is 5.56 Å². The zero-order chi connectivity index (χ0) is 20.7. The lowest BCUT2D eigenvalue weighted by Crippen LogP contribution is -2.23. The fourth-order valence-electron chi connectivity index (χ4n) is 2.16. The zero-order valence-corrected chi connectivity index (χ0v) is 14.6. The first kappa shape index (κ1) is 21.3. The molecule has 0 aromatic heterocycles. The zero-order valence-electron chi connectivity index (χ0n) is 14.6. The second-order valence-electron chi connectivity index (χ2n) is 5.47. The number of rotatable bonds is 8. The van der Waals surface area contributed by atoms with Gasteiger partial charge in [-0.2, -0.15) is 22.0 Å². The summed E-state index contributed by atoms with van der Waals surface area (Å²) in [5.41, 5.74) is 0.779. The second kappa shape index (κ2) is 9.25. The Balaban J connectivity index is 1.94. The second-order valence-corrected chi connectivity index (χ2v) is 5.47. The number of nitrogens with one attached hydrogen (secondary N) is 1. The van der Waals surface area contributed by atoms with Gasteiger partial charge in [-0.15, -0.1) is 0 Å². The highest BCUT2D eigenvalue weighted by atomic mass is 19.4. The van der Waals surface area contributed by atoms with Crippen LogP contribution in [0.3, 0.4) is 0 Å². The van der Waals surface area contributed by atoms with Gasteiger partial charge in [0.05, 0.1) is 7.11 Å². The first-order chi connectivity index (χ1) is 13.2. The smallest absolute Gasteiger partial charge is 0.422 e. The first-order valence-corrected chi connectivity index (χ1v) is 7.87. The Bertz CT molecular complexity index is 794. The SMILES string of the molecule is COc1cc(C(=O)NCc2ccc(OCC(F)(F)F)cc2)ccc1OC(F)F. The molecule has 0 saturated heterocycles. The van der Waals surface area contributed by atoms with Gasteiger partial charge in [0.1, 0.15) is 5.75 Å². The van der Waals surface area contributed by atoms with E-state index < -0.39 is 25.3 Å². The molecule has 0 bridgehead atoms. The number of ether oxygens (including phenoxy) is 3. The number of amides is 1. The van der Waals surface area contributed by atoms with Gasteiger partial charge in [0, 0.05) is 12.1 Å². The van der Waals surface area contributed by atoms with Gasteiger partial charge in [0.25, 0.3) is 5.91 Å². The van der Waals surface area contributed by atoms with Gasteiger partial charge in [-0.3, -0.25) is 4.79 Å². The molecule has 0 fully saturated rings. The number of hydrogen-bond acceptors (Lipinski definition) is 4. The molecule has 10 heteroatoms. The summed E-state index contributed by atoms with van der Waals surface area (Å²) in [6.45, 7) is -4.33. The highest BCUT2D eigenvalue weighted by Crippen LogP contribution is 2.29. The molecule has 0 aliphatic heterocycles. The van der Waals surface area contributed by atoms with Crippen LogP contribution >= 0.6 is 0 Å². The predicted molar refractivity (Wildman–Crippen MR) is 88.8 cm³/mol. The molecule has 0 atom stereocenters. The Labute approximate surface area is 157 Å². The highest BCUT2D eigenvalue weighted by molar-refractivity contribution is 5.94. The van der Waals surface area contributed by atoms with E-state index in [-0.39, 0.29) is 29.4 Å². The molecule has 1 N–H and O–H groups in total. The van der Waals surface area contributed by atoms with Crippen molar-refractivity contribution in [2.45, 2.75) is 19.3 Å². The molecular formula is C18H16F5NO4. The lowest BCUT2D eigenvalue weighted by atomic mass is 10.1. The Morgan fingerprint density at radius 3 is 2.32 bits per heavy atom. The van der Waals surface area contributed by atoms with Crippen LogP contribution in [0.15, 0.2) is 42.5 Å². The number of carbonyl (C=O) groups excluding carboxylic acids is 1. The molecule has 0 heterocycles. The summed E-state index contributed by atoms with van der Waals surface area (Å²) in [4.78, 5) is 12.2. The van der Waals surface area contributed by atoms with Gasteiger partial charge < -0.3 is 19.5 Å². The van der Waals surface area contributed by atoms with E-state index >= 15 is 0 Å². The van der Waals surface area contributed by atoms with Crippen molar-refractivity contribution in [3.05, 3.63) is 53.6 Å². The van der Waals surface area contributed by atoms with Gasteiger partial charge in [0.2, 0.25) is 0 Å². The summed E-state index contributed by atoms with van der Waals surface area (Å²) in [7, 11) is 1.25. The summed E-state index contributed by atoms with van der Waals surface area (Å²) >= 11 is 0. The topological polar surface area (TPSA) is 56.8 Å². The van der Waals surface area contributed by atoms with E-state index in [9.17, 15) is 26.7 Å². The van der Waals surface area contributed by atoms with Crippen LogP contribution in [0.1, 0.15) is 15.9 Å². The lowest BCUT2D eigenvalue weighted by Gasteiger charge is -2.12. The van der Waals surface area contributed by atoms with E-state index in [4.69, 9.17) is 4.74 Å². The maximum atomic E-state index is 12.3. The molecule has 2 aromatic rings. The minimum atomic E-state index is -4.43. The summed E-state index contributed by atoms with van der Waals surface area (Å²) < 4.78 is 74.8. The Morgan fingerprint density at radius 2 is 1.75 bits per heavy atom. The third kappa shape index (κ3) is 6.60. The summed E-state index contributed by atoms with van der Waals surface area (Å²) in [5, 5.41) is 2.60. The van der Waals surface area contributed by atoms with E-state index in [1.165, 1.54) is 49.6 Å². The molecule has 0 unspecified atom stereocenters. The van der Waals surface area contributed by atoms with Gasteiger partial charge in [-0.25, -0.2) is 0 Å². The van der Waals surface area contributed by atoms with Crippen LogP contribution in [0.4, 0.5) is 22.0 Å². The van der Waals surface area contributed by atoms with Crippen LogP contribution < -0.4 is 19.5 Å². The van der Waals surface area contributed by atoms with Crippen molar-refractivity contribution in [1.29, 1.82) is 0 Å². The largest absolute Gasteiger partial charge is 0.493 e. The van der Waals surface area contributed by atoms with Gasteiger partial charge >= 0.3 is 12.8 Å². The van der Waals surface area contributed by atoms with E-state index in [2.05, 4.69) is 14.8 Å². The number of benzene rings is 2.